The summed E-state index contributed by atoms with van der Waals surface area (Å²) in [5.41, 5.74) is 0. The molecule has 0 aliphatic carbocycles. The standard InChI is InChI=1S/C17H21N3O2S/c1-10-9-18-17(22-10)14-4-3-13(23-14)16(21)19-15-11(2)20-7-5-12(15)6-8-20/h3-4,9,11-12,15H,5-8H2,1-2H3,(H,19,21). The summed E-state index contributed by atoms with van der Waals surface area (Å²) in [5, 5.41) is 3.27. The van der Waals surface area contributed by atoms with Gasteiger partial charge in [-0.3, -0.25) is 9.69 Å². The SMILES string of the molecule is Cc1cnc(-c2ccc(C(=O)NC3C4CCN(CC4)C3C)s2)o1. The lowest BCUT2D eigenvalue weighted by molar-refractivity contribution is 0.0218. The average molecular weight is 331 g/mol. The molecule has 2 aromatic heterocycles. The normalized spacial score (nSPS) is 29.7. The van der Waals surface area contributed by atoms with E-state index in [1.807, 2.05) is 19.1 Å². The molecule has 0 aromatic carbocycles. The van der Waals surface area contributed by atoms with Crippen LogP contribution in [0.4, 0.5) is 0 Å². The van der Waals surface area contributed by atoms with Crippen molar-refractivity contribution >= 4 is 17.2 Å². The fraction of sp³-hybridized carbons (Fsp3) is 0.529. The highest BCUT2D eigenvalue weighted by atomic mass is 32.1. The number of hydrogen-bond acceptors (Lipinski definition) is 5. The van der Waals surface area contributed by atoms with Crippen molar-refractivity contribution in [3.05, 3.63) is 29.0 Å². The zero-order valence-corrected chi connectivity index (χ0v) is 14.2. The Morgan fingerprint density at radius 2 is 2.17 bits per heavy atom. The lowest BCUT2D eigenvalue weighted by atomic mass is 9.79. The van der Waals surface area contributed by atoms with Crippen molar-refractivity contribution in [2.24, 2.45) is 5.92 Å². The van der Waals surface area contributed by atoms with Gasteiger partial charge in [-0.25, -0.2) is 4.98 Å². The number of thiophene rings is 1. The molecule has 3 saturated heterocycles. The summed E-state index contributed by atoms with van der Waals surface area (Å²) in [6, 6.07) is 4.46. The molecule has 23 heavy (non-hydrogen) atoms. The number of fused-ring (bicyclic) bond motifs is 3. The molecule has 3 aliphatic rings. The van der Waals surface area contributed by atoms with E-state index in [2.05, 4.69) is 22.1 Å². The van der Waals surface area contributed by atoms with Gasteiger partial charge in [0.1, 0.15) is 5.76 Å². The summed E-state index contributed by atoms with van der Waals surface area (Å²) in [7, 11) is 0. The number of oxazole rings is 1. The molecule has 5 heterocycles. The minimum atomic E-state index is 0.0233. The highest BCUT2D eigenvalue weighted by molar-refractivity contribution is 7.17. The average Bonchev–Trinajstić information content (AvgIpc) is 3.20. The second-order valence-electron chi connectivity index (χ2n) is 6.55. The number of carbonyl (C=O) groups is 1. The molecule has 3 aliphatic heterocycles. The van der Waals surface area contributed by atoms with Crippen LogP contribution in [0.5, 0.6) is 0 Å². The van der Waals surface area contributed by atoms with Crippen molar-refractivity contribution in [1.82, 2.24) is 15.2 Å². The summed E-state index contributed by atoms with van der Waals surface area (Å²) in [6.07, 6.45) is 4.09. The van der Waals surface area contributed by atoms with E-state index in [9.17, 15) is 4.79 Å². The second-order valence-corrected chi connectivity index (χ2v) is 7.64. The van der Waals surface area contributed by atoms with E-state index >= 15 is 0 Å². The minimum absolute atomic E-state index is 0.0233. The number of rotatable bonds is 3. The zero-order chi connectivity index (χ0) is 16.0. The van der Waals surface area contributed by atoms with Crippen LogP contribution < -0.4 is 5.32 Å². The summed E-state index contributed by atoms with van der Waals surface area (Å²) in [4.78, 5) is 20.9. The molecule has 1 amide bonds. The molecule has 1 N–H and O–H groups in total. The Kier molecular flexibility index (Phi) is 3.73. The van der Waals surface area contributed by atoms with Gasteiger partial charge in [0.05, 0.1) is 16.0 Å². The van der Waals surface area contributed by atoms with Crippen LogP contribution in [-0.2, 0) is 0 Å². The molecule has 5 rings (SSSR count). The van der Waals surface area contributed by atoms with Gasteiger partial charge in [0, 0.05) is 12.1 Å². The topological polar surface area (TPSA) is 58.4 Å². The number of piperidine rings is 3. The first-order valence-electron chi connectivity index (χ1n) is 8.19. The van der Waals surface area contributed by atoms with Crippen molar-refractivity contribution in [1.29, 1.82) is 0 Å². The Labute approximate surface area is 139 Å². The summed E-state index contributed by atoms with van der Waals surface area (Å²) < 4.78 is 5.53. The summed E-state index contributed by atoms with van der Waals surface area (Å²) >= 11 is 1.44. The van der Waals surface area contributed by atoms with Gasteiger partial charge in [-0.2, -0.15) is 0 Å². The first kappa shape index (κ1) is 14.9. The summed E-state index contributed by atoms with van der Waals surface area (Å²) in [5.74, 6) is 2.01. The molecule has 0 radical (unpaired) electrons. The van der Waals surface area contributed by atoms with Gasteiger partial charge in [0.25, 0.3) is 5.91 Å². The number of carbonyl (C=O) groups excluding carboxylic acids is 1. The van der Waals surface area contributed by atoms with Gasteiger partial charge in [0.2, 0.25) is 5.89 Å². The third-order valence-corrected chi connectivity index (χ3v) is 6.21. The lowest BCUT2D eigenvalue weighted by Gasteiger charge is -2.49. The smallest absolute Gasteiger partial charge is 0.261 e. The first-order chi connectivity index (χ1) is 11.1. The molecule has 0 spiro atoms. The molecule has 0 saturated carbocycles. The molecule has 2 atom stereocenters. The number of aryl methyl sites for hydroxylation is 1. The van der Waals surface area contributed by atoms with Crippen molar-refractivity contribution < 1.29 is 9.21 Å². The second kappa shape index (κ2) is 5.76. The van der Waals surface area contributed by atoms with Crippen LogP contribution in [0.15, 0.2) is 22.7 Å². The molecule has 6 heteroatoms. The van der Waals surface area contributed by atoms with Crippen molar-refractivity contribution in [3.63, 3.8) is 0 Å². The number of hydrogen-bond donors (Lipinski definition) is 1. The molecule has 2 aromatic rings. The fourth-order valence-electron chi connectivity index (χ4n) is 3.81. The molecular formula is C17H21N3O2S. The Morgan fingerprint density at radius 3 is 2.83 bits per heavy atom. The number of aromatic nitrogens is 1. The van der Waals surface area contributed by atoms with Crippen LogP contribution in [0.2, 0.25) is 0 Å². The Balaban J connectivity index is 1.48. The van der Waals surface area contributed by atoms with Gasteiger partial charge in [-0.15, -0.1) is 11.3 Å². The maximum absolute atomic E-state index is 12.6. The molecule has 2 bridgehead atoms. The number of nitrogens with zero attached hydrogens (tertiary/aromatic N) is 2. The van der Waals surface area contributed by atoms with E-state index in [0.717, 1.165) is 15.5 Å². The Morgan fingerprint density at radius 1 is 1.39 bits per heavy atom. The van der Waals surface area contributed by atoms with Gasteiger partial charge in [-0.1, -0.05) is 0 Å². The van der Waals surface area contributed by atoms with E-state index in [1.165, 1.54) is 37.3 Å². The molecule has 3 fully saturated rings. The summed E-state index contributed by atoms with van der Waals surface area (Å²) in [6.45, 7) is 6.44. The van der Waals surface area contributed by atoms with E-state index < -0.39 is 0 Å². The maximum atomic E-state index is 12.6. The van der Waals surface area contributed by atoms with Crippen LogP contribution in [0.3, 0.4) is 0 Å². The maximum Gasteiger partial charge on any atom is 0.261 e. The van der Waals surface area contributed by atoms with E-state index in [0.29, 0.717) is 17.9 Å². The fourth-order valence-corrected chi connectivity index (χ4v) is 4.65. The van der Waals surface area contributed by atoms with E-state index in [1.54, 1.807) is 6.20 Å². The predicted octanol–water partition coefficient (Wildman–Crippen LogP) is 2.92. The van der Waals surface area contributed by atoms with E-state index in [-0.39, 0.29) is 11.9 Å². The van der Waals surface area contributed by atoms with Crippen molar-refractivity contribution in [2.75, 3.05) is 13.1 Å². The molecule has 5 nitrogen and oxygen atoms in total. The highest BCUT2D eigenvalue weighted by Gasteiger charge is 2.40. The monoisotopic (exact) mass is 331 g/mol. The molecule has 122 valence electrons. The van der Waals surface area contributed by atoms with Gasteiger partial charge in [-0.05, 0) is 57.8 Å². The van der Waals surface area contributed by atoms with Crippen LogP contribution in [0.1, 0.15) is 35.2 Å². The molecule has 2 unspecified atom stereocenters. The van der Waals surface area contributed by atoms with Crippen LogP contribution >= 0.6 is 11.3 Å². The molecular weight excluding hydrogens is 310 g/mol. The number of nitrogens with one attached hydrogen (secondary N) is 1. The first-order valence-corrected chi connectivity index (χ1v) is 9.01. The lowest BCUT2D eigenvalue weighted by Crippen LogP contribution is -2.62. The van der Waals surface area contributed by atoms with Crippen LogP contribution in [0, 0.1) is 12.8 Å². The van der Waals surface area contributed by atoms with E-state index in [4.69, 9.17) is 4.42 Å². The van der Waals surface area contributed by atoms with Crippen molar-refractivity contribution in [3.8, 4) is 10.8 Å². The quantitative estimate of drug-likeness (QED) is 0.939. The Bertz CT molecular complexity index is 713. The third kappa shape index (κ3) is 2.70. The van der Waals surface area contributed by atoms with Crippen molar-refractivity contribution in [2.45, 2.75) is 38.8 Å². The third-order valence-electron chi connectivity index (χ3n) is 5.14. The van der Waals surface area contributed by atoms with Crippen LogP contribution in [0.25, 0.3) is 10.8 Å². The largest absolute Gasteiger partial charge is 0.441 e. The van der Waals surface area contributed by atoms with Gasteiger partial charge < -0.3 is 9.73 Å². The number of amides is 1. The van der Waals surface area contributed by atoms with Gasteiger partial charge >= 0.3 is 0 Å². The zero-order valence-electron chi connectivity index (χ0n) is 13.4. The Hall–Kier alpha value is -1.66. The minimum Gasteiger partial charge on any atom is -0.441 e. The van der Waals surface area contributed by atoms with Crippen LogP contribution in [-0.4, -0.2) is 41.0 Å². The highest BCUT2D eigenvalue weighted by Crippen LogP contribution is 2.33. The predicted molar refractivity (Wildman–Crippen MR) is 89.6 cm³/mol. The van der Waals surface area contributed by atoms with Gasteiger partial charge in [0.15, 0.2) is 0 Å².